The summed E-state index contributed by atoms with van der Waals surface area (Å²) in [7, 11) is 0. The van der Waals surface area contributed by atoms with Gasteiger partial charge in [-0.25, -0.2) is 4.79 Å². The summed E-state index contributed by atoms with van der Waals surface area (Å²) < 4.78 is 5.18. The number of carbonyl (C=O) groups excluding carboxylic acids is 3. The van der Waals surface area contributed by atoms with Crippen molar-refractivity contribution in [3.8, 4) is 0 Å². The van der Waals surface area contributed by atoms with E-state index >= 15 is 0 Å². The first kappa shape index (κ1) is 19.9. The number of amides is 2. The van der Waals surface area contributed by atoms with Crippen LogP contribution in [-0.4, -0.2) is 48.9 Å². The van der Waals surface area contributed by atoms with Gasteiger partial charge in [-0.15, -0.1) is 0 Å². The van der Waals surface area contributed by atoms with Gasteiger partial charge in [0.25, 0.3) is 5.91 Å². The summed E-state index contributed by atoms with van der Waals surface area (Å²) in [6, 6.07) is 0. The van der Waals surface area contributed by atoms with Crippen LogP contribution in [-0.2, 0) is 14.3 Å². The average molecular weight is 360 g/mol. The number of hydrogen-bond acceptors (Lipinski definition) is 4. The van der Waals surface area contributed by atoms with E-state index in [1.54, 1.807) is 4.90 Å². The minimum Gasteiger partial charge on any atom is -0.452 e. The third-order valence-corrected chi connectivity index (χ3v) is 5.43. The molecular formula is C20H28N2O4. The maximum atomic E-state index is 12.5. The van der Waals surface area contributed by atoms with E-state index in [2.05, 4.69) is 5.32 Å². The molecule has 1 aliphatic heterocycles. The fraction of sp³-hybridized carbons (Fsp3) is 0.550. The number of rotatable bonds is 5. The molecule has 1 aromatic carbocycles. The molecule has 26 heavy (non-hydrogen) atoms. The van der Waals surface area contributed by atoms with E-state index in [1.165, 1.54) is 0 Å². The van der Waals surface area contributed by atoms with Crippen molar-refractivity contribution in [3.63, 3.8) is 0 Å². The lowest BCUT2D eigenvalue weighted by Crippen LogP contribution is -2.40. The molecule has 0 aromatic heterocycles. The van der Waals surface area contributed by atoms with Gasteiger partial charge in [0.1, 0.15) is 0 Å². The van der Waals surface area contributed by atoms with Crippen LogP contribution < -0.4 is 5.32 Å². The van der Waals surface area contributed by atoms with Gasteiger partial charge in [-0.2, -0.15) is 0 Å². The van der Waals surface area contributed by atoms with Crippen molar-refractivity contribution < 1.29 is 19.1 Å². The Morgan fingerprint density at radius 2 is 1.38 bits per heavy atom. The monoisotopic (exact) mass is 360 g/mol. The highest BCUT2D eigenvalue weighted by molar-refractivity contribution is 5.95. The van der Waals surface area contributed by atoms with Crippen LogP contribution in [0.2, 0.25) is 0 Å². The third-order valence-electron chi connectivity index (χ3n) is 5.43. The SMILES string of the molecule is Cc1c(C)c(C)c(C(=O)OCC(=O)NCC(=O)N2CCCC2)c(C)c1C. The van der Waals surface area contributed by atoms with Crippen LogP contribution in [0.3, 0.4) is 0 Å². The van der Waals surface area contributed by atoms with Crippen LogP contribution >= 0.6 is 0 Å². The number of benzene rings is 1. The zero-order chi connectivity index (χ0) is 19.4. The van der Waals surface area contributed by atoms with Crippen LogP contribution in [0.5, 0.6) is 0 Å². The topological polar surface area (TPSA) is 75.7 Å². The number of nitrogens with one attached hydrogen (secondary N) is 1. The number of carbonyl (C=O) groups is 3. The Morgan fingerprint density at radius 1 is 0.885 bits per heavy atom. The van der Waals surface area contributed by atoms with Crippen LogP contribution in [0, 0.1) is 34.6 Å². The second-order valence-corrected chi connectivity index (χ2v) is 6.94. The number of ether oxygens (including phenoxy) is 1. The molecule has 1 saturated heterocycles. The van der Waals surface area contributed by atoms with Gasteiger partial charge < -0.3 is 15.0 Å². The van der Waals surface area contributed by atoms with Crippen LogP contribution in [0.1, 0.15) is 51.0 Å². The van der Waals surface area contributed by atoms with Gasteiger partial charge in [-0.1, -0.05) is 0 Å². The quantitative estimate of drug-likeness (QED) is 0.816. The Morgan fingerprint density at radius 3 is 1.92 bits per heavy atom. The van der Waals surface area contributed by atoms with Crippen molar-refractivity contribution in [1.82, 2.24) is 10.2 Å². The molecule has 2 rings (SSSR count). The molecule has 1 heterocycles. The van der Waals surface area contributed by atoms with Gasteiger partial charge in [0.2, 0.25) is 5.91 Å². The maximum absolute atomic E-state index is 12.5. The van der Waals surface area contributed by atoms with Crippen LogP contribution in [0.4, 0.5) is 0 Å². The fourth-order valence-electron chi connectivity index (χ4n) is 3.31. The fourth-order valence-corrected chi connectivity index (χ4v) is 3.31. The zero-order valence-electron chi connectivity index (χ0n) is 16.3. The molecule has 0 spiro atoms. The number of hydrogen-bond donors (Lipinski definition) is 1. The molecule has 1 fully saturated rings. The molecule has 142 valence electrons. The first-order valence-electron chi connectivity index (χ1n) is 9.02. The lowest BCUT2D eigenvalue weighted by Gasteiger charge is -2.18. The van der Waals surface area contributed by atoms with E-state index in [4.69, 9.17) is 4.74 Å². The van der Waals surface area contributed by atoms with E-state index in [0.29, 0.717) is 5.56 Å². The molecule has 6 nitrogen and oxygen atoms in total. The van der Waals surface area contributed by atoms with Crippen LogP contribution in [0.15, 0.2) is 0 Å². The first-order valence-corrected chi connectivity index (χ1v) is 9.02. The van der Waals surface area contributed by atoms with Crippen molar-refractivity contribution in [2.24, 2.45) is 0 Å². The molecule has 0 saturated carbocycles. The second-order valence-electron chi connectivity index (χ2n) is 6.94. The van der Waals surface area contributed by atoms with Crippen molar-refractivity contribution >= 4 is 17.8 Å². The molecule has 0 atom stereocenters. The molecule has 0 unspecified atom stereocenters. The van der Waals surface area contributed by atoms with Crippen LogP contribution in [0.25, 0.3) is 0 Å². The number of nitrogens with zero attached hydrogens (tertiary/aromatic N) is 1. The van der Waals surface area contributed by atoms with Crippen molar-refractivity contribution in [2.75, 3.05) is 26.2 Å². The lowest BCUT2D eigenvalue weighted by atomic mass is 9.90. The zero-order valence-corrected chi connectivity index (χ0v) is 16.3. The summed E-state index contributed by atoms with van der Waals surface area (Å²) in [6.45, 7) is 10.8. The molecule has 6 heteroatoms. The lowest BCUT2D eigenvalue weighted by molar-refractivity contribution is -0.132. The highest BCUT2D eigenvalue weighted by atomic mass is 16.5. The molecule has 2 amide bonds. The normalized spacial score (nSPS) is 13.7. The summed E-state index contributed by atoms with van der Waals surface area (Å²) in [5.41, 5.74) is 5.54. The summed E-state index contributed by atoms with van der Waals surface area (Å²) in [5.74, 6) is -1.08. The summed E-state index contributed by atoms with van der Waals surface area (Å²) in [5, 5.41) is 2.52. The Balaban J connectivity index is 1.92. The molecule has 1 aromatic rings. The molecule has 1 aliphatic rings. The van der Waals surface area contributed by atoms with E-state index < -0.39 is 18.5 Å². The van der Waals surface area contributed by atoms with Crippen molar-refractivity contribution in [2.45, 2.75) is 47.5 Å². The van der Waals surface area contributed by atoms with Gasteiger partial charge in [0.15, 0.2) is 6.61 Å². The van der Waals surface area contributed by atoms with Gasteiger partial charge in [-0.05, 0) is 75.3 Å². The molecule has 0 bridgehead atoms. The first-order chi connectivity index (χ1) is 12.2. The number of likely N-dealkylation sites (tertiary alicyclic amines) is 1. The highest BCUT2D eigenvalue weighted by Gasteiger charge is 2.21. The molecule has 1 N–H and O–H groups in total. The van der Waals surface area contributed by atoms with Gasteiger partial charge in [-0.3, -0.25) is 9.59 Å². The predicted octanol–water partition coefficient (Wildman–Crippen LogP) is 2.12. The highest BCUT2D eigenvalue weighted by Crippen LogP contribution is 2.26. The molecule has 0 aliphatic carbocycles. The Bertz CT molecular complexity index is 705. The third kappa shape index (κ3) is 4.23. The van der Waals surface area contributed by atoms with Crippen molar-refractivity contribution in [3.05, 3.63) is 33.4 Å². The maximum Gasteiger partial charge on any atom is 0.339 e. The van der Waals surface area contributed by atoms with E-state index in [-0.39, 0.29) is 12.5 Å². The van der Waals surface area contributed by atoms with Crippen molar-refractivity contribution in [1.29, 1.82) is 0 Å². The number of esters is 1. The standard InChI is InChI=1S/C20H28N2O4/c1-12-13(2)15(4)19(16(5)14(12)3)20(25)26-11-17(23)21-10-18(24)22-8-6-7-9-22/h6-11H2,1-5H3,(H,21,23). The van der Waals surface area contributed by atoms with Gasteiger partial charge >= 0.3 is 5.97 Å². The van der Waals surface area contributed by atoms with E-state index in [9.17, 15) is 14.4 Å². The largest absolute Gasteiger partial charge is 0.452 e. The van der Waals surface area contributed by atoms with Gasteiger partial charge in [0.05, 0.1) is 12.1 Å². The minimum atomic E-state index is -0.507. The predicted molar refractivity (Wildman–Crippen MR) is 99.2 cm³/mol. The Kier molecular flexibility index (Phi) is 6.40. The minimum absolute atomic E-state index is 0.0583. The smallest absolute Gasteiger partial charge is 0.339 e. The van der Waals surface area contributed by atoms with Gasteiger partial charge in [0, 0.05) is 13.1 Å². The van der Waals surface area contributed by atoms with E-state index in [0.717, 1.165) is 53.7 Å². The Hall–Kier alpha value is -2.37. The Labute approximate surface area is 154 Å². The second kappa shape index (κ2) is 8.34. The summed E-state index contributed by atoms with van der Waals surface area (Å²) >= 11 is 0. The molecular weight excluding hydrogens is 332 g/mol. The average Bonchev–Trinajstić information content (AvgIpc) is 3.16. The van der Waals surface area contributed by atoms with E-state index in [1.807, 2.05) is 34.6 Å². The summed E-state index contributed by atoms with van der Waals surface area (Å²) in [6.07, 6.45) is 2.01. The summed E-state index contributed by atoms with van der Waals surface area (Å²) in [4.78, 5) is 38.0. The molecule has 0 radical (unpaired) electrons.